The average molecular weight is 367 g/mol. The molecule has 2 saturated heterocycles. The van der Waals surface area contributed by atoms with E-state index in [2.05, 4.69) is 48.0 Å². The van der Waals surface area contributed by atoms with Crippen molar-refractivity contribution in [2.75, 3.05) is 32.8 Å². The summed E-state index contributed by atoms with van der Waals surface area (Å²) in [6.07, 6.45) is 0. The largest absolute Gasteiger partial charge is 0.369 e. The number of nitrogens with zero attached hydrogens (tertiary/aromatic N) is 2. The van der Waals surface area contributed by atoms with Crippen LogP contribution in [0.5, 0.6) is 0 Å². The first-order valence-electron chi connectivity index (χ1n) is 9.40. The van der Waals surface area contributed by atoms with E-state index in [4.69, 9.17) is 4.74 Å². The Morgan fingerprint density at radius 1 is 1.15 bits per heavy atom. The number of ether oxygens (including phenoxy) is 1. The lowest BCUT2D eigenvalue weighted by Gasteiger charge is -2.55. The molecule has 1 N–H and O–H groups in total. The number of morpholine rings is 1. The number of nitrogens with one attached hydrogen (secondary N) is 1. The zero-order chi connectivity index (χ0) is 19.0. The molecule has 2 aromatic rings. The quantitative estimate of drug-likeness (QED) is 0.901. The predicted molar refractivity (Wildman–Crippen MR) is 103 cm³/mol. The monoisotopic (exact) mass is 367 g/mol. The van der Waals surface area contributed by atoms with E-state index in [0.29, 0.717) is 31.4 Å². The van der Waals surface area contributed by atoms with Crippen molar-refractivity contribution in [3.05, 3.63) is 69.6 Å². The first-order chi connectivity index (χ1) is 13.0. The Morgan fingerprint density at radius 3 is 2.67 bits per heavy atom. The first-order valence-corrected chi connectivity index (χ1v) is 9.40. The summed E-state index contributed by atoms with van der Waals surface area (Å²) in [7, 11) is 0. The van der Waals surface area contributed by atoms with Crippen molar-refractivity contribution in [2.45, 2.75) is 25.5 Å². The van der Waals surface area contributed by atoms with Crippen LogP contribution in [0.15, 0.2) is 47.3 Å². The van der Waals surface area contributed by atoms with Gasteiger partial charge in [0.05, 0.1) is 13.2 Å². The number of amides is 1. The molecule has 2 aliphatic rings. The molecule has 0 saturated carbocycles. The van der Waals surface area contributed by atoms with Gasteiger partial charge in [-0.3, -0.25) is 14.5 Å². The number of H-pyrrole nitrogens is 1. The van der Waals surface area contributed by atoms with Gasteiger partial charge < -0.3 is 14.6 Å². The summed E-state index contributed by atoms with van der Waals surface area (Å²) in [6, 6.07) is 13.4. The highest BCUT2D eigenvalue weighted by molar-refractivity contribution is 5.92. The van der Waals surface area contributed by atoms with Gasteiger partial charge in [0.2, 0.25) is 5.56 Å². The minimum atomic E-state index is -0.306. The predicted octanol–water partition coefficient (Wildman–Crippen LogP) is 1.97. The molecular formula is C21H25N3O3. The summed E-state index contributed by atoms with van der Waals surface area (Å²) >= 11 is 0. The Balaban J connectivity index is 1.43. The number of aromatic nitrogens is 1. The number of carbonyl (C=O) groups excluding carboxylic acids is 1. The minimum absolute atomic E-state index is 0.138. The van der Waals surface area contributed by atoms with Crippen molar-refractivity contribution in [1.82, 2.24) is 14.8 Å². The SMILES string of the molecule is Cc1ccccc1C(C)N1CC2(CN(C(=O)c3cccc(=O)[nH]3)CCO2)C1. The molecule has 3 heterocycles. The molecule has 0 bridgehead atoms. The molecule has 6 nitrogen and oxygen atoms in total. The Kier molecular flexibility index (Phi) is 4.61. The van der Waals surface area contributed by atoms with Crippen molar-refractivity contribution >= 4 is 5.91 Å². The van der Waals surface area contributed by atoms with Crippen molar-refractivity contribution in [2.24, 2.45) is 0 Å². The van der Waals surface area contributed by atoms with Gasteiger partial charge in [0.1, 0.15) is 11.3 Å². The fourth-order valence-electron chi connectivity index (χ4n) is 4.17. The van der Waals surface area contributed by atoms with Gasteiger partial charge in [-0.25, -0.2) is 0 Å². The van der Waals surface area contributed by atoms with Crippen LogP contribution in [0, 0.1) is 6.92 Å². The van der Waals surface area contributed by atoms with Crippen molar-refractivity contribution < 1.29 is 9.53 Å². The van der Waals surface area contributed by atoms with Crippen LogP contribution in [0.4, 0.5) is 0 Å². The third kappa shape index (κ3) is 3.42. The second kappa shape index (κ2) is 6.94. The molecule has 1 aromatic heterocycles. The van der Waals surface area contributed by atoms with Crippen LogP contribution in [0.2, 0.25) is 0 Å². The molecule has 0 aliphatic carbocycles. The van der Waals surface area contributed by atoms with Crippen LogP contribution in [0.25, 0.3) is 0 Å². The third-order valence-electron chi connectivity index (χ3n) is 5.70. The van der Waals surface area contributed by atoms with E-state index in [0.717, 1.165) is 13.1 Å². The third-order valence-corrected chi connectivity index (χ3v) is 5.70. The van der Waals surface area contributed by atoms with E-state index in [9.17, 15) is 9.59 Å². The molecule has 2 fully saturated rings. The van der Waals surface area contributed by atoms with Gasteiger partial charge >= 0.3 is 0 Å². The van der Waals surface area contributed by atoms with Crippen molar-refractivity contribution in [3.63, 3.8) is 0 Å². The second-order valence-electron chi connectivity index (χ2n) is 7.62. The lowest BCUT2D eigenvalue weighted by molar-refractivity contribution is -0.185. The topological polar surface area (TPSA) is 65.6 Å². The highest BCUT2D eigenvalue weighted by Gasteiger charge is 2.49. The number of hydrogen-bond donors (Lipinski definition) is 1. The van der Waals surface area contributed by atoms with Gasteiger partial charge in [-0.05, 0) is 31.0 Å². The molecule has 1 amide bonds. The van der Waals surface area contributed by atoms with E-state index < -0.39 is 0 Å². The molecule has 0 radical (unpaired) electrons. The number of likely N-dealkylation sites (tertiary alicyclic amines) is 1. The van der Waals surface area contributed by atoms with Crippen molar-refractivity contribution in [3.8, 4) is 0 Å². The van der Waals surface area contributed by atoms with Gasteiger partial charge in [0.25, 0.3) is 5.91 Å². The van der Waals surface area contributed by atoms with E-state index in [-0.39, 0.29) is 17.1 Å². The Labute approximate surface area is 158 Å². The zero-order valence-electron chi connectivity index (χ0n) is 15.8. The van der Waals surface area contributed by atoms with E-state index in [1.54, 1.807) is 17.0 Å². The normalized spacial score (nSPS) is 20.3. The summed E-state index contributed by atoms with van der Waals surface area (Å²) in [5, 5.41) is 0. The molecule has 2 aliphatic heterocycles. The lowest BCUT2D eigenvalue weighted by atomic mass is 9.88. The molecule has 4 rings (SSSR count). The van der Waals surface area contributed by atoms with Gasteiger partial charge in [-0.15, -0.1) is 0 Å². The second-order valence-corrected chi connectivity index (χ2v) is 7.62. The van der Waals surface area contributed by atoms with Crippen LogP contribution < -0.4 is 5.56 Å². The summed E-state index contributed by atoms with van der Waals surface area (Å²) < 4.78 is 6.08. The van der Waals surface area contributed by atoms with Crippen LogP contribution in [0.3, 0.4) is 0 Å². The number of aryl methyl sites for hydroxylation is 1. The number of benzene rings is 1. The summed E-state index contributed by atoms with van der Waals surface area (Å²) in [6.45, 7) is 7.59. The number of pyridine rings is 1. The minimum Gasteiger partial charge on any atom is -0.369 e. The molecule has 142 valence electrons. The average Bonchev–Trinajstić information content (AvgIpc) is 2.65. The molecule has 1 unspecified atom stereocenters. The van der Waals surface area contributed by atoms with Gasteiger partial charge in [0.15, 0.2) is 0 Å². The molecule has 1 spiro atoms. The summed E-state index contributed by atoms with van der Waals surface area (Å²) in [4.78, 5) is 31.1. The van der Waals surface area contributed by atoms with Gasteiger partial charge in [-0.2, -0.15) is 0 Å². The number of aromatic amines is 1. The number of rotatable bonds is 3. The highest BCUT2D eigenvalue weighted by Crippen LogP contribution is 2.36. The fraction of sp³-hybridized carbons (Fsp3) is 0.429. The molecule has 1 aromatic carbocycles. The maximum absolute atomic E-state index is 12.7. The van der Waals surface area contributed by atoms with Crippen LogP contribution in [-0.4, -0.2) is 59.1 Å². The van der Waals surface area contributed by atoms with Crippen LogP contribution in [0.1, 0.15) is 34.6 Å². The molecule has 27 heavy (non-hydrogen) atoms. The standard InChI is InChI=1S/C21H25N3O3/c1-15-6-3-4-7-17(15)16(2)24-13-21(14-24)12-23(10-11-27-21)20(26)18-8-5-9-19(25)22-18/h3-9,16H,10-14H2,1-2H3,(H,22,25). The first kappa shape index (κ1) is 17.9. The number of hydrogen-bond acceptors (Lipinski definition) is 4. The van der Waals surface area contributed by atoms with Crippen LogP contribution in [-0.2, 0) is 4.74 Å². The maximum atomic E-state index is 12.7. The molecule has 1 atom stereocenters. The molecule has 6 heteroatoms. The molecular weight excluding hydrogens is 342 g/mol. The van der Waals surface area contributed by atoms with Gasteiger partial charge in [-0.1, -0.05) is 30.3 Å². The Hall–Kier alpha value is -2.44. The van der Waals surface area contributed by atoms with E-state index >= 15 is 0 Å². The Morgan fingerprint density at radius 2 is 1.93 bits per heavy atom. The fourth-order valence-corrected chi connectivity index (χ4v) is 4.17. The van der Waals surface area contributed by atoms with Crippen LogP contribution >= 0.6 is 0 Å². The smallest absolute Gasteiger partial charge is 0.270 e. The van der Waals surface area contributed by atoms with Gasteiger partial charge in [0, 0.05) is 31.7 Å². The van der Waals surface area contributed by atoms with E-state index in [1.165, 1.54) is 17.2 Å². The lowest BCUT2D eigenvalue weighted by Crippen LogP contribution is -2.70. The number of carbonyl (C=O) groups is 1. The van der Waals surface area contributed by atoms with Crippen molar-refractivity contribution in [1.29, 1.82) is 0 Å². The van der Waals surface area contributed by atoms with E-state index in [1.807, 2.05) is 0 Å². The summed E-state index contributed by atoms with van der Waals surface area (Å²) in [5.74, 6) is -0.138. The Bertz CT molecular complexity index is 901. The summed E-state index contributed by atoms with van der Waals surface area (Å²) in [5.41, 5.74) is 2.40. The maximum Gasteiger partial charge on any atom is 0.270 e. The zero-order valence-corrected chi connectivity index (χ0v) is 15.8. The highest BCUT2D eigenvalue weighted by atomic mass is 16.5.